The molecule has 0 aromatic heterocycles. The summed E-state index contributed by atoms with van der Waals surface area (Å²) in [6, 6.07) is -1.36. The lowest BCUT2D eigenvalue weighted by Crippen LogP contribution is -2.59. The van der Waals surface area contributed by atoms with Crippen molar-refractivity contribution in [3.8, 4) is 0 Å². The molecule has 1 aliphatic heterocycles. The lowest BCUT2D eigenvalue weighted by atomic mass is 9.99. The molecule has 1 saturated heterocycles. The first kappa shape index (κ1) is 29.7. The van der Waals surface area contributed by atoms with E-state index in [1.54, 1.807) is 0 Å². The van der Waals surface area contributed by atoms with Crippen LogP contribution >= 0.6 is 0 Å². The van der Waals surface area contributed by atoms with Gasteiger partial charge in [-0.25, -0.2) is 4.79 Å². The number of hydrogen-bond donors (Lipinski definition) is 6. The highest BCUT2D eigenvalue weighted by Gasteiger charge is 2.44. The maximum atomic E-state index is 12.1. The highest BCUT2D eigenvalue weighted by atomic mass is 16.7. The van der Waals surface area contributed by atoms with Gasteiger partial charge in [0.1, 0.15) is 24.4 Å². The molecule has 0 aromatic carbocycles. The van der Waals surface area contributed by atoms with Crippen LogP contribution in [0.25, 0.3) is 0 Å². The lowest BCUT2D eigenvalue weighted by molar-refractivity contribution is -0.301. The van der Waals surface area contributed by atoms with Crippen molar-refractivity contribution in [3.05, 3.63) is 0 Å². The van der Waals surface area contributed by atoms with Crippen molar-refractivity contribution >= 4 is 11.9 Å². The van der Waals surface area contributed by atoms with E-state index in [4.69, 9.17) is 9.47 Å². The molecule has 33 heavy (non-hydrogen) atoms. The van der Waals surface area contributed by atoms with Gasteiger partial charge in [0.05, 0.1) is 13.2 Å². The molecule has 0 aromatic rings. The van der Waals surface area contributed by atoms with E-state index in [0.717, 1.165) is 19.3 Å². The molecule has 0 radical (unpaired) electrons. The molecule has 10 nitrogen and oxygen atoms in total. The standard InChI is InChI=1S/C23H43NO9/c1-2-3-4-5-6-7-8-9-10-11-12-13-18(26)24-16(22(30)31)15-32-23-21(29)20(28)19(27)17(14-25)33-23/h16-17,19-21,23,25,27-29H,2-15H2,1H3,(H,24,26)(H,30,31)/t16?,17-,19+,20+,21-,23-/m1/s1. The molecule has 6 atom stereocenters. The van der Waals surface area contributed by atoms with E-state index in [1.807, 2.05) is 0 Å². The molecule has 6 N–H and O–H groups in total. The molecule has 1 amide bonds. The molecule has 1 heterocycles. The maximum Gasteiger partial charge on any atom is 0.328 e. The number of carbonyl (C=O) groups is 2. The zero-order valence-corrected chi connectivity index (χ0v) is 19.7. The Morgan fingerprint density at radius 3 is 1.94 bits per heavy atom. The second kappa shape index (κ2) is 17.2. The predicted molar refractivity (Wildman–Crippen MR) is 120 cm³/mol. The van der Waals surface area contributed by atoms with Crippen molar-refractivity contribution in [2.45, 2.75) is 121 Å². The molecule has 1 rings (SSSR count). The summed E-state index contributed by atoms with van der Waals surface area (Å²) in [6.07, 6.45) is 5.48. The average Bonchev–Trinajstić information content (AvgIpc) is 2.79. The quantitative estimate of drug-likeness (QED) is 0.158. The topological polar surface area (TPSA) is 166 Å². The van der Waals surface area contributed by atoms with Crippen molar-refractivity contribution in [3.63, 3.8) is 0 Å². The minimum Gasteiger partial charge on any atom is -0.480 e. The van der Waals surface area contributed by atoms with Crippen LogP contribution in [0.5, 0.6) is 0 Å². The normalized spacial score (nSPS) is 26.2. The van der Waals surface area contributed by atoms with Gasteiger partial charge in [0.2, 0.25) is 5.91 Å². The highest BCUT2D eigenvalue weighted by molar-refractivity contribution is 5.83. The van der Waals surface area contributed by atoms with Crippen LogP contribution in [-0.2, 0) is 19.1 Å². The van der Waals surface area contributed by atoms with Crippen molar-refractivity contribution in [1.82, 2.24) is 5.32 Å². The summed E-state index contributed by atoms with van der Waals surface area (Å²) in [5.41, 5.74) is 0. The fourth-order valence-corrected chi connectivity index (χ4v) is 3.79. The fourth-order valence-electron chi connectivity index (χ4n) is 3.79. The molecular weight excluding hydrogens is 434 g/mol. The summed E-state index contributed by atoms with van der Waals surface area (Å²) in [7, 11) is 0. The first-order chi connectivity index (χ1) is 15.8. The number of carboxylic acid groups (broad SMARTS) is 1. The SMILES string of the molecule is CCCCCCCCCCCCCC(=O)NC(CO[C@@H]1O[C@H](CO)[C@H](O)[C@H](O)[C@H]1O)C(=O)O. The van der Waals surface area contributed by atoms with E-state index in [2.05, 4.69) is 12.2 Å². The number of rotatable bonds is 18. The Labute approximate surface area is 196 Å². The number of amides is 1. The summed E-state index contributed by atoms with van der Waals surface area (Å²) in [5, 5.41) is 50.4. The largest absolute Gasteiger partial charge is 0.480 e. The van der Waals surface area contributed by atoms with Gasteiger partial charge in [-0.05, 0) is 6.42 Å². The zero-order chi connectivity index (χ0) is 24.6. The van der Waals surface area contributed by atoms with Crippen LogP contribution in [0.3, 0.4) is 0 Å². The van der Waals surface area contributed by atoms with E-state index in [0.29, 0.717) is 6.42 Å². The van der Waals surface area contributed by atoms with E-state index in [-0.39, 0.29) is 6.42 Å². The van der Waals surface area contributed by atoms with Crippen LogP contribution in [0.4, 0.5) is 0 Å². The molecule has 0 saturated carbocycles. The van der Waals surface area contributed by atoms with Crippen LogP contribution in [0.15, 0.2) is 0 Å². The summed E-state index contributed by atoms with van der Waals surface area (Å²) in [4.78, 5) is 23.6. The number of unbranched alkanes of at least 4 members (excludes halogenated alkanes) is 10. The molecule has 1 fully saturated rings. The number of carbonyl (C=O) groups excluding carboxylic acids is 1. The first-order valence-electron chi connectivity index (χ1n) is 12.3. The van der Waals surface area contributed by atoms with Crippen LogP contribution in [0.1, 0.15) is 84.0 Å². The maximum absolute atomic E-state index is 12.1. The van der Waals surface area contributed by atoms with Gasteiger partial charge in [-0.1, -0.05) is 71.1 Å². The average molecular weight is 478 g/mol. The van der Waals surface area contributed by atoms with E-state index >= 15 is 0 Å². The molecule has 1 aliphatic rings. The monoisotopic (exact) mass is 477 g/mol. The Morgan fingerprint density at radius 1 is 0.879 bits per heavy atom. The molecule has 1 unspecified atom stereocenters. The fraction of sp³-hybridized carbons (Fsp3) is 0.913. The van der Waals surface area contributed by atoms with Crippen molar-refractivity contribution in [2.24, 2.45) is 0 Å². The highest BCUT2D eigenvalue weighted by Crippen LogP contribution is 2.22. The van der Waals surface area contributed by atoms with Gasteiger partial charge in [-0.15, -0.1) is 0 Å². The van der Waals surface area contributed by atoms with Gasteiger partial charge in [0.15, 0.2) is 12.3 Å². The van der Waals surface area contributed by atoms with Crippen LogP contribution < -0.4 is 5.32 Å². The van der Waals surface area contributed by atoms with Gasteiger partial charge in [-0.3, -0.25) is 4.79 Å². The molecule has 0 spiro atoms. The Balaban J connectivity index is 2.23. The van der Waals surface area contributed by atoms with Crippen molar-refractivity contribution in [2.75, 3.05) is 13.2 Å². The van der Waals surface area contributed by atoms with Crippen LogP contribution in [0, 0.1) is 0 Å². The number of aliphatic carboxylic acids is 1. The molecule has 0 aliphatic carbocycles. The third-order valence-electron chi connectivity index (χ3n) is 5.92. The van der Waals surface area contributed by atoms with Crippen molar-refractivity contribution < 1.29 is 44.6 Å². The Bertz CT molecular complexity index is 546. The lowest BCUT2D eigenvalue weighted by Gasteiger charge is -2.39. The molecule has 0 bridgehead atoms. The van der Waals surface area contributed by atoms with Gasteiger partial charge < -0.3 is 40.3 Å². The minimum atomic E-state index is -1.63. The van der Waals surface area contributed by atoms with Crippen molar-refractivity contribution in [1.29, 1.82) is 0 Å². The summed E-state index contributed by atoms with van der Waals surface area (Å²) < 4.78 is 10.4. The second-order valence-electron chi connectivity index (χ2n) is 8.77. The number of aliphatic hydroxyl groups excluding tert-OH is 4. The van der Waals surface area contributed by atoms with Crippen LogP contribution in [-0.4, -0.2) is 87.4 Å². The molecular formula is C23H43NO9. The number of nitrogens with one attached hydrogen (secondary N) is 1. The first-order valence-corrected chi connectivity index (χ1v) is 12.3. The van der Waals surface area contributed by atoms with Gasteiger partial charge in [0.25, 0.3) is 0 Å². The van der Waals surface area contributed by atoms with Gasteiger partial charge in [-0.2, -0.15) is 0 Å². The number of ether oxygens (including phenoxy) is 2. The van der Waals surface area contributed by atoms with Gasteiger partial charge >= 0.3 is 5.97 Å². The molecule has 194 valence electrons. The number of carboxylic acids is 1. The van der Waals surface area contributed by atoms with Crippen LogP contribution in [0.2, 0.25) is 0 Å². The second-order valence-corrected chi connectivity index (χ2v) is 8.77. The Hall–Kier alpha value is -1.30. The predicted octanol–water partition coefficient (Wildman–Crippen LogP) is 1.07. The summed E-state index contributed by atoms with van der Waals surface area (Å²) in [6.45, 7) is 1.07. The van der Waals surface area contributed by atoms with E-state index in [9.17, 15) is 35.1 Å². The summed E-state index contributed by atoms with van der Waals surface area (Å²) >= 11 is 0. The molecule has 10 heteroatoms. The smallest absolute Gasteiger partial charge is 0.328 e. The third-order valence-corrected chi connectivity index (χ3v) is 5.92. The Morgan fingerprint density at radius 2 is 1.42 bits per heavy atom. The summed E-state index contributed by atoms with van der Waals surface area (Å²) in [5.74, 6) is -1.72. The minimum absolute atomic E-state index is 0.209. The van der Waals surface area contributed by atoms with E-state index < -0.39 is 61.8 Å². The third kappa shape index (κ3) is 11.6. The van der Waals surface area contributed by atoms with Gasteiger partial charge in [0, 0.05) is 6.42 Å². The number of hydrogen-bond acceptors (Lipinski definition) is 8. The Kier molecular flexibility index (Phi) is 15.5. The van der Waals surface area contributed by atoms with E-state index in [1.165, 1.54) is 44.9 Å². The number of aliphatic hydroxyl groups is 4. The zero-order valence-electron chi connectivity index (χ0n) is 19.7.